The van der Waals surface area contributed by atoms with Crippen molar-refractivity contribution in [2.45, 2.75) is 0 Å². The predicted molar refractivity (Wildman–Crippen MR) is 78.4 cm³/mol. The molecule has 4 heteroatoms. The van der Waals surface area contributed by atoms with E-state index in [9.17, 15) is 4.79 Å². The lowest BCUT2D eigenvalue weighted by molar-refractivity contribution is 0.0964. The van der Waals surface area contributed by atoms with Crippen LogP contribution in [0.1, 0.15) is 10.4 Å². The van der Waals surface area contributed by atoms with Crippen LogP contribution in [0.15, 0.2) is 54.9 Å². The minimum Gasteiger partial charge on any atom is -0.355 e. The lowest BCUT2D eigenvalue weighted by Gasteiger charge is -2.08. The molecule has 0 aliphatic heterocycles. The maximum Gasteiger partial charge on any atom is 0.251 e. The summed E-state index contributed by atoms with van der Waals surface area (Å²) in [6.07, 6.45) is 3.45. The zero-order valence-corrected chi connectivity index (χ0v) is 11.0. The minimum absolute atomic E-state index is 0.117. The Bertz CT molecular complexity index is 769. The number of amides is 1. The summed E-state index contributed by atoms with van der Waals surface area (Å²) in [6.45, 7) is 0. The second kappa shape index (κ2) is 5.09. The van der Waals surface area contributed by atoms with Crippen molar-refractivity contribution in [1.82, 2.24) is 15.3 Å². The quantitative estimate of drug-likeness (QED) is 0.773. The topological polar surface area (TPSA) is 54.9 Å². The summed E-state index contributed by atoms with van der Waals surface area (Å²) in [5.74, 6) is -0.117. The Morgan fingerprint density at radius 2 is 2.00 bits per heavy atom. The molecule has 1 aromatic carbocycles. The van der Waals surface area contributed by atoms with Gasteiger partial charge in [-0.05, 0) is 24.3 Å². The molecule has 2 heterocycles. The molecule has 0 bridgehead atoms. The summed E-state index contributed by atoms with van der Waals surface area (Å²) >= 11 is 0. The summed E-state index contributed by atoms with van der Waals surface area (Å²) < 4.78 is 0. The smallest absolute Gasteiger partial charge is 0.251 e. The number of fused-ring (bicyclic) bond motifs is 1. The van der Waals surface area contributed by atoms with Crippen LogP contribution in [0.4, 0.5) is 0 Å². The van der Waals surface area contributed by atoms with E-state index in [2.05, 4.69) is 15.3 Å². The number of hydrogen-bond acceptors (Lipinski definition) is 3. The molecular formula is C16H13N3O. The number of nitrogens with one attached hydrogen (secondary N) is 1. The largest absolute Gasteiger partial charge is 0.355 e. The average Bonchev–Trinajstić information content (AvgIpc) is 2.54. The minimum atomic E-state index is -0.117. The Hall–Kier alpha value is -2.75. The van der Waals surface area contributed by atoms with Crippen molar-refractivity contribution in [3.8, 4) is 11.3 Å². The van der Waals surface area contributed by atoms with Crippen LogP contribution in [0.5, 0.6) is 0 Å². The highest BCUT2D eigenvalue weighted by Crippen LogP contribution is 2.24. The summed E-state index contributed by atoms with van der Waals surface area (Å²) in [6, 6.07) is 13.2. The second-order valence-electron chi connectivity index (χ2n) is 4.39. The van der Waals surface area contributed by atoms with E-state index < -0.39 is 0 Å². The molecule has 0 saturated carbocycles. The second-order valence-corrected chi connectivity index (χ2v) is 4.39. The van der Waals surface area contributed by atoms with Crippen molar-refractivity contribution in [2.75, 3.05) is 7.05 Å². The van der Waals surface area contributed by atoms with Gasteiger partial charge in [-0.2, -0.15) is 0 Å². The van der Waals surface area contributed by atoms with E-state index in [0.29, 0.717) is 5.56 Å². The zero-order valence-electron chi connectivity index (χ0n) is 11.0. The van der Waals surface area contributed by atoms with Crippen LogP contribution in [-0.2, 0) is 0 Å². The normalized spacial score (nSPS) is 10.4. The number of pyridine rings is 2. The number of nitrogens with zero attached hydrogens (tertiary/aromatic N) is 2. The number of benzene rings is 1. The van der Waals surface area contributed by atoms with Crippen molar-refractivity contribution >= 4 is 16.8 Å². The Labute approximate surface area is 116 Å². The fraction of sp³-hybridized carbons (Fsp3) is 0.0625. The summed E-state index contributed by atoms with van der Waals surface area (Å²) in [5.41, 5.74) is 3.06. The van der Waals surface area contributed by atoms with Crippen LogP contribution in [0.25, 0.3) is 22.2 Å². The third-order valence-electron chi connectivity index (χ3n) is 3.15. The Kier molecular flexibility index (Phi) is 3.13. The SMILES string of the molecule is CNC(=O)c1cc(-c2cccnc2)nc2ccccc12. The molecule has 4 nitrogen and oxygen atoms in total. The third-order valence-corrected chi connectivity index (χ3v) is 3.15. The molecule has 3 aromatic rings. The fourth-order valence-electron chi connectivity index (χ4n) is 2.16. The number of rotatable bonds is 2. The maximum atomic E-state index is 12.1. The maximum absolute atomic E-state index is 12.1. The third kappa shape index (κ3) is 2.12. The molecule has 1 N–H and O–H groups in total. The fourth-order valence-corrected chi connectivity index (χ4v) is 2.16. The van der Waals surface area contributed by atoms with Gasteiger partial charge in [-0.25, -0.2) is 4.98 Å². The van der Waals surface area contributed by atoms with E-state index >= 15 is 0 Å². The Morgan fingerprint density at radius 1 is 1.15 bits per heavy atom. The van der Waals surface area contributed by atoms with E-state index in [4.69, 9.17) is 0 Å². The molecule has 98 valence electrons. The van der Waals surface area contributed by atoms with Gasteiger partial charge in [-0.1, -0.05) is 18.2 Å². The van der Waals surface area contributed by atoms with E-state index in [1.54, 1.807) is 25.5 Å². The van der Waals surface area contributed by atoms with E-state index in [1.807, 2.05) is 36.4 Å². The lowest BCUT2D eigenvalue weighted by atomic mass is 10.0. The molecule has 0 radical (unpaired) electrons. The number of hydrogen-bond donors (Lipinski definition) is 1. The Balaban J connectivity index is 2.28. The molecule has 0 spiro atoms. The molecule has 0 atom stereocenters. The van der Waals surface area contributed by atoms with Gasteiger partial charge >= 0.3 is 0 Å². The first-order chi connectivity index (χ1) is 9.79. The van der Waals surface area contributed by atoms with Gasteiger partial charge in [0.1, 0.15) is 0 Å². The van der Waals surface area contributed by atoms with Gasteiger partial charge in [0, 0.05) is 30.4 Å². The summed E-state index contributed by atoms with van der Waals surface area (Å²) in [7, 11) is 1.63. The van der Waals surface area contributed by atoms with Gasteiger partial charge < -0.3 is 5.32 Å². The van der Waals surface area contributed by atoms with Gasteiger partial charge in [-0.15, -0.1) is 0 Å². The van der Waals surface area contributed by atoms with Crippen molar-refractivity contribution in [2.24, 2.45) is 0 Å². The summed E-state index contributed by atoms with van der Waals surface area (Å²) in [5, 5.41) is 3.52. The number of aromatic nitrogens is 2. The highest BCUT2D eigenvalue weighted by Gasteiger charge is 2.12. The van der Waals surface area contributed by atoms with Crippen LogP contribution in [0.2, 0.25) is 0 Å². The van der Waals surface area contributed by atoms with Crippen LogP contribution in [0, 0.1) is 0 Å². The molecule has 2 aromatic heterocycles. The van der Waals surface area contributed by atoms with Crippen molar-refractivity contribution in [3.05, 3.63) is 60.4 Å². The number of carbonyl (C=O) groups excluding carboxylic acids is 1. The monoisotopic (exact) mass is 263 g/mol. The van der Waals surface area contributed by atoms with Crippen molar-refractivity contribution in [1.29, 1.82) is 0 Å². The molecular weight excluding hydrogens is 250 g/mol. The van der Waals surface area contributed by atoms with Crippen LogP contribution < -0.4 is 5.32 Å². The molecule has 1 amide bonds. The van der Waals surface area contributed by atoms with Gasteiger partial charge in [0.25, 0.3) is 5.91 Å². The molecule has 0 aliphatic carbocycles. The predicted octanol–water partition coefficient (Wildman–Crippen LogP) is 2.66. The van der Waals surface area contributed by atoms with Gasteiger partial charge in [0.2, 0.25) is 0 Å². The highest BCUT2D eigenvalue weighted by molar-refractivity contribution is 6.07. The van der Waals surface area contributed by atoms with E-state index in [-0.39, 0.29) is 5.91 Å². The van der Waals surface area contributed by atoms with E-state index in [1.165, 1.54) is 0 Å². The van der Waals surface area contributed by atoms with Crippen LogP contribution >= 0.6 is 0 Å². The molecule has 0 unspecified atom stereocenters. The lowest BCUT2D eigenvalue weighted by Crippen LogP contribution is -2.18. The first-order valence-corrected chi connectivity index (χ1v) is 6.32. The van der Waals surface area contributed by atoms with Crippen molar-refractivity contribution in [3.63, 3.8) is 0 Å². The van der Waals surface area contributed by atoms with E-state index in [0.717, 1.165) is 22.2 Å². The van der Waals surface area contributed by atoms with Crippen molar-refractivity contribution < 1.29 is 4.79 Å². The zero-order chi connectivity index (χ0) is 13.9. The van der Waals surface area contributed by atoms with Gasteiger partial charge in [0.05, 0.1) is 16.8 Å². The number of carbonyl (C=O) groups is 1. The molecule has 0 aliphatic rings. The highest BCUT2D eigenvalue weighted by atomic mass is 16.1. The Morgan fingerprint density at radius 3 is 2.75 bits per heavy atom. The molecule has 0 saturated heterocycles. The standard InChI is InChI=1S/C16H13N3O/c1-17-16(20)13-9-15(11-5-4-8-18-10-11)19-14-7-3-2-6-12(13)14/h2-10H,1H3,(H,17,20). The first kappa shape index (κ1) is 12.3. The summed E-state index contributed by atoms with van der Waals surface area (Å²) in [4.78, 5) is 20.8. The van der Waals surface area contributed by atoms with Crippen LogP contribution in [-0.4, -0.2) is 22.9 Å². The van der Waals surface area contributed by atoms with Gasteiger partial charge in [0.15, 0.2) is 0 Å². The first-order valence-electron chi connectivity index (χ1n) is 6.32. The molecule has 20 heavy (non-hydrogen) atoms. The molecule has 0 fully saturated rings. The molecule has 3 rings (SSSR count). The van der Waals surface area contributed by atoms with Crippen LogP contribution in [0.3, 0.4) is 0 Å². The average molecular weight is 263 g/mol. The van der Waals surface area contributed by atoms with Gasteiger partial charge in [-0.3, -0.25) is 9.78 Å². The number of para-hydroxylation sites is 1.